The summed E-state index contributed by atoms with van der Waals surface area (Å²) >= 11 is 0. The summed E-state index contributed by atoms with van der Waals surface area (Å²) in [5.41, 5.74) is 2.48. The Hall–Kier alpha value is -1.83. The van der Waals surface area contributed by atoms with Crippen LogP contribution in [-0.2, 0) is 16.0 Å². The molecule has 1 aromatic rings. The van der Waals surface area contributed by atoms with E-state index in [-0.39, 0.29) is 11.9 Å². The molecule has 1 aliphatic heterocycles. The second-order valence-corrected chi connectivity index (χ2v) is 4.91. The second-order valence-electron chi connectivity index (χ2n) is 4.91. The minimum Gasteiger partial charge on any atom is -0.490 e. The summed E-state index contributed by atoms with van der Waals surface area (Å²) in [5, 5.41) is 0. The highest BCUT2D eigenvalue weighted by molar-refractivity contribution is 5.93. The number of carbonyl (C=O) groups excluding carboxylic acids is 1. The van der Waals surface area contributed by atoms with Gasteiger partial charge >= 0.3 is 0 Å². The minimum atomic E-state index is 0.193. The summed E-state index contributed by atoms with van der Waals surface area (Å²) in [6.07, 6.45) is 7.19. The summed E-state index contributed by atoms with van der Waals surface area (Å²) in [6.45, 7) is 0. The quantitative estimate of drug-likeness (QED) is 0.793. The van der Waals surface area contributed by atoms with E-state index in [1.165, 1.54) is 11.1 Å². The van der Waals surface area contributed by atoms with Gasteiger partial charge in [0.15, 0.2) is 5.78 Å². The first kappa shape index (κ1) is 11.3. The van der Waals surface area contributed by atoms with Crippen LogP contribution >= 0.6 is 0 Å². The van der Waals surface area contributed by atoms with E-state index in [0.717, 1.165) is 25.0 Å². The fraction of sp³-hybridized carbons (Fsp3) is 0.312. The van der Waals surface area contributed by atoms with Crippen molar-refractivity contribution >= 4 is 5.78 Å². The maximum atomic E-state index is 11.3. The second kappa shape index (κ2) is 4.81. The highest BCUT2D eigenvalue weighted by Crippen LogP contribution is 2.31. The van der Waals surface area contributed by atoms with Crippen LogP contribution < -0.4 is 0 Å². The van der Waals surface area contributed by atoms with Crippen molar-refractivity contribution in [2.45, 2.75) is 31.8 Å². The summed E-state index contributed by atoms with van der Waals surface area (Å²) in [6, 6.07) is 10.4. The highest BCUT2D eigenvalue weighted by atomic mass is 16.5. The van der Waals surface area contributed by atoms with E-state index in [1.807, 2.05) is 12.1 Å². The average molecular weight is 240 g/mol. The van der Waals surface area contributed by atoms with Gasteiger partial charge in [-0.2, -0.15) is 0 Å². The van der Waals surface area contributed by atoms with Crippen LogP contribution in [0.2, 0.25) is 0 Å². The first-order valence-electron chi connectivity index (χ1n) is 6.45. The minimum absolute atomic E-state index is 0.193. The van der Waals surface area contributed by atoms with Gasteiger partial charge in [-0.3, -0.25) is 4.79 Å². The Balaban J connectivity index is 1.69. The highest BCUT2D eigenvalue weighted by Gasteiger charge is 2.24. The largest absolute Gasteiger partial charge is 0.490 e. The fourth-order valence-electron chi connectivity index (χ4n) is 2.57. The normalized spacial score (nSPS) is 22.7. The molecule has 2 heteroatoms. The van der Waals surface area contributed by atoms with Crippen LogP contribution in [0.3, 0.4) is 0 Å². The van der Waals surface area contributed by atoms with E-state index in [2.05, 4.69) is 24.3 Å². The molecule has 92 valence electrons. The van der Waals surface area contributed by atoms with Crippen molar-refractivity contribution in [1.29, 1.82) is 0 Å². The Morgan fingerprint density at radius 2 is 2.00 bits per heavy atom. The van der Waals surface area contributed by atoms with Crippen molar-refractivity contribution < 1.29 is 9.53 Å². The lowest BCUT2D eigenvalue weighted by atomic mass is 9.92. The molecule has 18 heavy (non-hydrogen) atoms. The summed E-state index contributed by atoms with van der Waals surface area (Å²) < 4.78 is 5.98. The number of benzene rings is 1. The van der Waals surface area contributed by atoms with E-state index >= 15 is 0 Å². The van der Waals surface area contributed by atoms with Crippen LogP contribution in [0, 0.1) is 0 Å². The summed E-state index contributed by atoms with van der Waals surface area (Å²) in [5.74, 6) is 1.13. The van der Waals surface area contributed by atoms with Crippen molar-refractivity contribution in [1.82, 2.24) is 0 Å². The standard InChI is InChI=1S/C16H16O2/c17-14-7-9-16-13(11-14)6-8-15(18-16)10-12-4-2-1-3-5-12/h1-5,7,9,15H,6,8,10-11H2. The van der Waals surface area contributed by atoms with Gasteiger partial charge in [-0.1, -0.05) is 30.3 Å². The van der Waals surface area contributed by atoms with E-state index in [4.69, 9.17) is 4.74 Å². The number of hydrogen-bond donors (Lipinski definition) is 0. The predicted octanol–water partition coefficient (Wildman–Crippen LogP) is 3.19. The molecule has 0 radical (unpaired) electrons. The number of carbonyl (C=O) groups is 1. The Labute approximate surface area is 107 Å². The summed E-state index contributed by atoms with van der Waals surface area (Å²) in [7, 11) is 0. The maximum Gasteiger partial charge on any atom is 0.159 e. The van der Waals surface area contributed by atoms with Crippen molar-refractivity contribution in [3.05, 3.63) is 59.4 Å². The molecular weight excluding hydrogens is 224 g/mol. The topological polar surface area (TPSA) is 26.3 Å². The third-order valence-corrected chi connectivity index (χ3v) is 3.52. The first-order valence-corrected chi connectivity index (χ1v) is 6.45. The van der Waals surface area contributed by atoms with Gasteiger partial charge in [0.25, 0.3) is 0 Å². The van der Waals surface area contributed by atoms with E-state index in [0.29, 0.717) is 6.42 Å². The monoisotopic (exact) mass is 240 g/mol. The Kier molecular flexibility index (Phi) is 3.01. The molecule has 0 bridgehead atoms. The van der Waals surface area contributed by atoms with E-state index in [9.17, 15) is 4.79 Å². The first-order chi connectivity index (χ1) is 8.81. The molecule has 1 unspecified atom stereocenters. The van der Waals surface area contributed by atoms with Crippen LogP contribution in [0.1, 0.15) is 24.8 Å². The number of ether oxygens (including phenoxy) is 1. The van der Waals surface area contributed by atoms with Gasteiger partial charge in [0.1, 0.15) is 11.9 Å². The fourth-order valence-corrected chi connectivity index (χ4v) is 2.57. The number of allylic oxidation sites excluding steroid dienone is 3. The molecule has 1 aromatic carbocycles. The molecule has 0 amide bonds. The molecule has 0 saturated heterocycles. The van der Waals surface area contributed by atoms with E-state index < -0.39 is 0 Å². The van der Waals surface area contributed by atoms with Gasteiger partial charge in [-0.15, -0.1) is 0 Å². The zero-order valence-corrected chi connectivity index (χ0v) is 10.3. The number of ketones is 1. The Morgan fingerprint density at radius 3 is 2.83 bits per heavy atom. The van der Waals surface area contributed by atoms with Crippen LogP contribution in [0.4, 0.5) is 0 Å². The molecule has 1 aliphatic carbocycles. The van der Waals surface area contributed by atoms with Crippen molar-refractivity contribution in [2.24, 2.45) is 0 Å². The lowest BCUT2D eigenvalue weighted by Gasteiger charge is -2.28. The Morgan fingerprint density at radius 1 is 1.17 bits per heavy atom. The Bertz CT molecular complexity index is 511. The van der Waals surface area contributed by atoms with Gasteiger partial charge < -0.3 is 4.74 Å². The number of rotatable bonds is 2. The molecule has 0 N–H and O–H groups in total. The number of hydrogen-bond acceptors (Lipinski definition) is 2. The van der Waals surface area contributed by atoms with Gasteiger partial charge in [0, 0.05) is 12.8 Å². The molecule has 0 aromatic heterocycles. The van der Waals surface area contributed by atoms with Gasteiger partial charge in [0.2, 0.25) is 0 Å². The van der Waals surface area contributed by atoms with Crippen molar-refractivity contribution in [3.8, 4) is 0 Å². The van der Waals surface area contributed by atoms with Crippen LogP contribution in [0.5, 0.6) is 0 Å². The molecule has 2 aliphatic rings. The van der Waals surface area contributed by atoms with Gasteiger partial charge in [0.05, 0.1) is 0 Å². The molecular formula is C16H16O2. The molecule has 0 fully saturated rings. The van der Waals surface area contributed by atoms with Crippen LogP contribution in [-0.4, -0.2) is 11.9 Å². The van der Waals surface area contributed by atoms with E-state index in [1.54, 1.807) is 6.08 Å². The van der Waals surface area contributed by atoms with Crippen LogP contribution in [0.25, 0.3) is 0 Å². The lowest BCUT2D eigenvalue weighted by Crippen LogP contribution is -2.23. The maximum absolute atomic E-state index is 11.3. The SMILES string of the molecule is O=C1C=CC2=C(CCC(Cc3ccccc3)O2)C1. The molecule has 1 heterocycles. The third-order valence-electron chi connectivity index (χ3n) is 3.52. The van der Waals surface area contributed by atoms with Gasteiger partial charge in [-0.05, 0) is 36.1 Å². The molecule has 3 rings (SSSR count). The van der Waals surface area contributed by atoms with Crippen molar-refractivity contribution in [3.63, 3.8) is 0 Å². The molecule has 0 saturated carbocycles. The lowest BCUT2D eigenvalue weighted by molar-refractivity contribution is -0.114. The summed E-state index contributed by atoms with van der Waals surface area (Å²) in [4.78, 5) is 11.3. The molecule has 1 atom stereocenters. The predicted molar refractivity (Wildman–Crippen MR) is 70.0 cm³/mol. The zero-order chi connectivity index (χ0) is 12.4. The van der Waals surface area contributed by atoms with Crippen LogP contribution in [0.15, 0.2) is 53.8 Å². The smallest absolute Gasteiger partial charge is 0.159 e. The zero-order valence-electron chi connectivity index (χ0n) is 10.3. The third kappa shape index (κ3) is 2.37. The molecule has 0 spiro atoms. The average Bonchev–Trinajstić information content (AvgIpc) is 2.40. The van der Waals surface area contributed by atoms with Gasteiger partial charge in [-0.25, -0.2) is 0 Å². The molecule has 2 nitrogen and oxygen atoms in total. The van der Waals surface area contributed by atoms with Crippen molar-refractivity contribution in [2.75, 3.05) is 0 Å².